The number of aromatic nitrogens is 2. The van der Waals surface area contributed by atoms with Gasteiger partial charge in [-0.1, -0.05) is 11.3 Å². The third-order valence-electron chi connectivity index (χ3n) is 3.12. The van der Waals surface area contributed by atoms with Crippen LogP contribution in [0.5, 0.6) is 0 Å². The van der Waals surface area contributed by atoms with Gasteiger partial charge in [0.1, 0.15) is 15.8 Å². The smallest absolute Gasteiger partial charge is 0.304 e. The fraction of sp³-hybridized carbons (Fsp3) is 0.333. The Morgan fingerprint density at radius 3 is 2.88 bits per heavy atom. The van der Waals surface area contributed by atoms with E-state index in [0.29, 0.717) is 25.1 Å². The van der Waals surface area contributed by atoms with E-state index in [1.807, 2.05) is 6.07 Å². The van der Waals surface area contributed by atoms with Crippen molar-refractivity contribution in [2.24, 2.45) is 0 Å². The van der Waals surface area contributed by atoms with Gasteiger partial charge in [-0.2, -0.15) is 10.4 Å². The third kappa shape index (κ3) is 3.81. The lowest BCUT2D eigenvalue weighted by molar-refractivity contribution is -0.383. The molecule has 0 amide bonds. The van der Waals surface area contributed by atoms with E-state index in [9.17, 15) is 18.5 Å². The number of sulfone groups is 1. The van der Waals surface area contributed by atoms with Gasteiger partial charge in [0.15, 0.2) is 20.7 Å². The molecule has 12 heteroatoms. The van der Waals surface area contributed by atoms with Crippen LogP contribution in [0.3, 0.4) is 0 Å². The minimum absolute atomic E-state index is 0.0650. The van der Waals surface area contributed by atoms with Gasteiger partial charge in [0, 0.05) is 18.9 Å². The van der Waals surface area contributed by atoms with E-state index in [4.69, 9.17) is 11.0 Å². The monoisotopic (exact) mass is 370 g/mol. The summed E-state index contributed by atoms with van der Waals surface area (Å²) in [5, 5.41) is 29.4. The zero-order chi connectivity index (χ0) is 17.9. The number of hydrogen-bond donors (Lipinski definition) is 3. The maximum absolute atomic E-state index is 11.5. The zero-order valence-electron chi connectivity index (χ0n) is 12.6. The predicted molar refractivity (Wildman–Crippen MR) is 88.6 cm³/mol. The van der Waals surface area contributed by atoms with Gasteiger partial charge in [-0.05, 0) is 12.8 Å². The molecule has 0 spiro atoms. The van der Waals surface area contributed by atoms with E-state index in [0.717, 1.165) is 23.7 Å². The van der Waals surface area contributed by atoms with Gasteiger partial charge in [-0.15, -0.1) is 0 Å². The van der Waals surface area contributed by atoms with Gasteiger partial charge in [0.2, 0.25) is 0 Å². The SMILES string of the molecule is CS(=O)(=O)c1cc([N+](=O)[O-])c(NCCCc2[nH]nc(N)c2C#N)s1. The van der Waals surface area contributed by atoms with Crippen molar-refractivity contribution in [2.75, 3.05) is 23.9 Å². The molecule has 10 nitrogen and oxygen atoms in total. The van der Waals surface area contributed by atoms with Gasteiger partial charge in [0.25, 0.3) is 0 Å². The fourth-order valence-corrected chi connectivity index (χ4v) is 3.94. The fourth-order valence-electron chi connectivity index (χ4n) is 1.97. The Labute approximate surface area is 141 Å². The molecule has 0 bridgehead atoms. The molecule has 0 saturated heterocycles. The highest BCUT2D eigenvalue weighted by molar-refractivity contribution is 7.92. The summed E-state index contributed by atoms with van der Waals surface area (Å²) in [6, 6.07) is 3.00. The van der Waals surface area contributed by atoms with Crippen molar-refractivity contribution in [2.45, 2.75) is 17.1 Å². The van der Waals surface area contributed by atoms with E-state index in [1.54, 1.807) is 0 Å². The second kappa shape index (κ2) is 6.85. The summed E-state index contributed by atoms with van der Waals surface area (Å²) < 4.78 is 23.0. The van der Waals surface area contributed by atoms with E-state index in [2.05, 4.69) is 15.5 Å². The molecule has 0 saturated carbocycles. The molecule has 0 aliphatic carbocycles. The van der Waals surface area contributed by atoms with Crippen LogP contribution in [0, 0.1) is 21.4 Å². The van der Waals surface area contributed by atoms with Crippen LogP contribution in [-0.2, 0) is 16.3 Å². The molecule has 2 heterocycles. The molecule has 0 radical (unpaired) electrons. The average Bonchev–Trinajstić information content (AvgIpc) is 3.07. The molecule has 0 unspecified atom stereocenters. The molecule has 0 fully saturated rings. The highest BCUT2D eigenvalue weighted by Gasteiger charge is 2.23. The Morgan fingerprint density at radius 1 is 1.58 bits per heavy atom. The second-order valence-corrected chi connectivity index (χ2v) is 8.21. The Morgan fingerprint density at radius 2 is 2.29 bits per heavy atom. The van der Waals surface area contributed by atoms with E-state index >= 15 is 0 Å². The van der Waals surface area contributed by atoms with E-state index in [1.165, 1.54) is 0 Å². The van der Waals surface area contributed by atoms with Crippen LogP contribution in [0.1, 0.15) is 17.7 Å². The van der Waals surface area contributed by atoms with Crippen molar-refractivity contribution < 1.29 is 13.3 Å². The van der Waals surface area contributed by atoms with Gasteiger partial charge in [-0.25, -0.2) is 8.42 Å². The number of nitrogens with one attached hydrogen (secondary N) is 2. The molecule has 128 valence electrons. The van der Waals surface area contributed by atoms with Crippen molar-refractivity contribution >= 4 is 37.7 Å². The first kappa shape index (κ1) is 17.7. The second-order valence-electron chi connectivity index (χ2n) is 4.91. The standard InChI is InChI=1S/C12H14N6O4S2/c1-24(21,22)10-5-9(18(19)20)12(23-10)15-4-2-3-8-7(6-13)11(14)17-16-8/h5,15H,2-4H2,1H3,(H3,14,16,17). The Bertz CT molecular complexity index is 909. The number of nitrogen functional groups attached to an aromatic ring is 1. The largest absolute Gasteiger partial charge is 0.381 e. The summed E-state index contributed by atoms with van der Waals surface area (Å²) in [5.41, 5.74) is 6.14. The van der Waals surface area contributed by atoms with Gasteiger partial charge in [0.05, 0.1) is 10.6 Å². The summed E-state index contributed by atoms with van der Waals surface area (Å²) in [7, 11) is -3.51. The lowest BCUT2D eigenvalue weighted by atomic mass is 10.1. The Hall–Kier alpha value is -2.65. The van der Waals surface area contributed by atoms with Crippen LogP contribution >= 0.6 is 11.3 Å². The number of thiophene rings is 1. The molecule has 2 aromatic heterocycles. The lowest BCUT2D eigenvalue weighted by Gasteiger charge is -2.03. The Kier molecular flexibility index (Phi) is 5.05. The molecule has 4 N–H and O–H groups in total. The van der Waals surface area contributed by atoms with Gasteiger partial charge >= 0.3 is 5.69 Å². The first-order chi connectivity index (χ1) is 11.2. The predicted octanol–water partition coefficient (Wildman–Crippen LogP) is 1.28. The number of nitriles is 1. The summed E-state index contributed by atoms with van der Waals surface area (Å²) in [4.78, 5) is 10.4. The zero-order valence-corrected chi connectivity index (χ0v) is 14.2. The van der Waals surface area contributed by atoms with Crippen molar-refractivity contribution in [1.82, 2.24) is 10.2 Å². The van der Waals surface area contributed by atoms with Crippen LogP contribution in [0.25, 0.3) is 0 Å². The van der Waals surface area contributed by atoms with Gasteiger partial charge < -0.3 is 11.1 Å². The molecular formula is C12H14N6O4S2. The van der Waals surface area contributed by atoms with Crippen molar-refractivity contribution in [3.05, 3.63) is 27.4 Å². The lowest BCUT2D eigenvalue weighted by Crippen LogP contribution is -2.04. The number of rotatable bonds is 7. The molecule has 24 heavy (non-hydrogen) atoms. The summed E-state index contributed by atoms with van der Waals surface area (Å²) in [5.74, 6) is 0.132. The highest BCUT2D eigenvalue weighted by Crippen LogP contribution is 2.36. The number of aromatic amines is 1. The highest BCUT2D eigenvalue weighted by atomic mass is 32.2. The molecule has 2 rings (SSSR count). The summed E-state index contributed by atoms with van der Waals surface area (Å²) >= 11 is 0.820. The van der Waals surface area contributed by atoms with Crippen molar-refractivity contribution in [1.29, 1.82) is 5.26 Å². The molecule has 2 aromatic rings. The molecule has 0 aromatic carbocycles. The topological polar surface area (TPSA) is 168 Å². The third-order valence-corrected chi connectivity index (χ3v) is 6.01. The number of nitrogens with two attached hydrogens (primary N) is 1. The first-order valence-electron chi connectivity index (χ1n) is 6.69. The van der Waals surface area contributed by atoms with Crippen molar-refractivity contribution in [3.63, 3.8) is 0 Å². The number of aryl methyl sites for hydroxylation is 1. The summed E-state index contributed by atoms with van der Waals surface area (Å²) in [6.45, 7) is 0.356. The van der Waals surface area contributed by atoms with E-state index in [-0.39, 0.29) is 26.3 Å². The van der Waals surface area contributed by atoms with Crippen LogP contribution in [-0.4, -0.2) is 36.3 Å². The van der Waals surface area contributed by atoms with Gasteiger partial charge in [-0.3, -0.25) is 15.2 Å². The van der Waals surface area contributed by atoms with Crippen LogP contribution in [0.15, 0.2) is 10.3 Å². The average molecular weight is 370 g/mol. The van der Waals surface area contributed by atoms with Crippen LogP contribution < -0.4 is 11.1 Å². The van der Waals surface area contributed by atoms with Crippen LogP contribution in [0.4, 0.5) is 16.5 Å². The number of nitrogens with zero attached hydrogens (tertiary/aromatic N) is 3. The maximum Gasteiger partial charge on any atom is 0.304 e. The minimum atomic E-state index is -3.51. The molecule has 0 atom stereocenters. The number of anilines is 2. The number of H-pyrrole nitrogens is 1. The maximum atomic E-state index is 11.5. The first-order valence-corrected chi connectivity index (χ1v) is 9.39. The van der Waals surface area contributed by atoms with E-state index < -0.39 is 14.8 Å². The Balaban J connectivity index is 2.03. The molecular weight excluding hydrogens is 356 g/mol. The van der Waals surface area contributed by atoms with Crippen molar-refractivity contribution in [3.8, 4) is 6.07 Å². The normalized spacial score (nSPS) is 11.2. The molecule has 0 aliphatic heterocycles. The number of nitro groups is 1. The quantitative estimate of drug-likeness (QED) is 0.372. The van der Waals surface area contributed by atoms with Crippen LogP contribution in [0.2, 0.25) is 0 Å². The summed E-state index contributed by atoms with van der Waals surface area (Å²) in [6.07, 6.45) is 2.01. The minimum Gasteiger partial charge on any atom is -0.381 e. The molecule has 0 aliphatic rings. The number of hydrogen-bond acceptors (Lipinski definition) is 9.